The fourth-order valence-corrected chi connectivity index (χ4v) is 2.31. The summed E-state index contributed by atoms with van der Waals surface area (Å²) in [7, 11) is 1.60. The number of aliphatic hydroxyl groups excluding tert-OH is 1. The second-order valence-electron chi connectivity index (χ2n) is 4.75. The molecule has 5 heteroatoms. The minimum Gasteiger partial charge on any atom is -0.390 e. The van der Waals surface area contributed by atoms with Crippen LogP contribution in [0.1, 0.15) is 27.2 Å². The summed E-state index contributed by atoms with van der Waals surface area (Å²) >= 11 is 0. The Balaban J connectivity index is 2.09. The van der Waals surface area contributed by atoms with Crippen molar-refractivity contribution in [3.8, 4) is 0 Å². The van der Waals surface area contributed by atoms with Crippen LogP contribution in [0, 0.1) is 0 Å². The van der Waals surface area contributed by atoms with Crippen LogP contribution in [-0.2, 0) is 18.9 Å². The average Bonchev–Trinajstić information content (AvgIpc) is 2.68. The van der Waals surface area contributed by atoms with Gasteiger partial charge in [0.1, 0.15) is 18.3 Å². The van der Waals surface area contributed by atoms with Gasteiger partial charge in [0, 0.05) is 7.11 Å². The number of aliphatic hydroxyl groups is 1. The Bertz CT molecular complexity index is 255. The smallest absolute Gasteiger partial charge is 0.190 e. The monoisotopic (exact) mass is 232 g/mol. The summed E-state index contributed by atoms with van der Waals surface area (Å²) in [5.41, 5.74) is 0. The third-order valence-corrected chi connectivity index (χ3v) is 3.10. The highest BCUT2D eigenvalue weighted by atomic mass is 16.8. The Morgan fingerprint density at radius 2 is 2.06 bits per heavy atom. The van der Waals surface area contributed by atoms with Crippen LogP contribution in [0.4, 0.5) is 0 Å². The van der Waals surface area contributed by atoms with Crippen molar-refractivity contribution < 1.29 is 24.1 Å². The molecular formula is C11H20O5. The molecule has 0 aliphatic carbocycles. The number of hydrogen-bond donors (Lipinski definition) is 1. The van der Waals surface area contributed by atoms with Crippen molar-refractivity contribution in [2.24, 2.45) is 0 Å². The Morgan fingerprint density at radius 3 is 2.62 bits per heavy atom. The molecular weight excluding hydrogens is 212 g/mol. The number of fused-ring (bicyclic) bond motifs is 1. The van der Waals surface area contributed by atoms with Crippen LogP contribution in [-0.4, -0.2) is 48.7 Å². The van der Waals surface area contributed by atoms with E-state index in [0.29, 0.717) is 6.42 Å². The number of ether oxygens (including phenoxy) is 4. The quantitative estimate of drug-likeness (QED) is 0.774. The SMILES string of the molecule is CC[C@@H](O)[C@H]1O[C@@H]2OC(C)(C)O[C@@H]2[C@@H]1OC. The highest BCUT2D eigenvalue weighted by molar-refractivity contribution is 4.96. The predicted molar refractivity (Wildman–Crippen MR) is 55.8 cm³/mol. The topological polar surface area (TPSA) is 57.2 Å². The number of rotatable bonds is 3. The third-order valence-electron chi connectivity index (χ3n) is 3.10. The molecule has 2 saturated heterocycles. The molecule has 2 aliphatic rings. The minimum absolute atomic E-state index is 0.258. The molecule has 2 rings (SSSR count). The molecule has 0 radical (unpaired) electrons. The highest BCUT2D eigenvalue weighted by Crippen LogP contribution is 2.39. The standard InChI is InChI=1S/C11H20O5/c1-5-6(12)7-8(13-4)9-10(14-7)16-11(2,3)15-9/h6-10,12H,5H2,1-4H3/t6-,7-,8-,9-,10-/m1/s1. The maximum Gasteiger partial charge on any atom is 0.190 e. The zero-order valence-electron chi connectivity index (χ0n) is 10.2. The first-order valence-electron chi connectivity index (χ1n) is 5.70. The summed E-state index contributed by atoms with van der Waals surface area (Å²) in [5, 5.41) is 9.83. The Labute approximate surface area is 95.6 Å². The first-order chi connectivity index (χ1) is 7.48. The van der Waals surface area contributed by atoms with Gasteiger partial charge in [-0.05, 0) is 20.3 Å². The van der Waals surface area contributed by atoms with Gasteiger partial charge in [-0.15, -0.1) is 0 Å². The van der Waals surface area contributed by atoms with Crippen molar-refractivity contribution >= 4 is 0 Å². The van der Waals surface area contributed by atoms with Gasteiger partial charge in [-0.3, -0.25) is 0 Å². The lowest BCUT2D eigenvalue weighted by molar-refractivity contribution is -0.227. The fourth-order valence-electron chi connectivity index (χ4n) is 2.31. The molecule has 2 fully saturated rings. The molecule has 2 aliphatic heterocycles. The van der Waals surface area contributed by atoms with E-state index in [4.69, 9.17) is 18.9 Å². The minimum atomic E-state index is -0.645. The van der Waals surface area contributed by atoms with E-state index in [0.717, 1.165) is 0 Å². The molecule has 0 unspecified atom stereocenters. The van der Waals surface area contributed by atoms with E-state index >= 15 is 0 Å². The van der Waals surface area contributed by atoms with Crippen molar-refractivity contribution in [3.63, 3.8) is 0 Å². The molecule has 94 valence electrons. The summed E-state index contributed by atoms with van der Waals surface area (Å²) in [5.74, 6) is -0.645. The van der Waals surface area contributed by atoms with Crippen LogP contribution in [0.3, 0.4) is 0 Å². The fraction of sp³-hybridized carbons (Fsp3) is 1.00. The van der Waals surface area contributed by atoms with Crippen LogP contribution in [0.5, 0.6) is 0 Å². The van der Waals surface area contributed by atoms with E-state index in [2.05, 4.69) is 0 Å². The van der Waals surface area contributed by atoms with Gasteiger partial charge in [-0.2, -0.15) is 0 Å². The molecule has 5 atom stereocenters. The lowest BCUT2D eigenvalue weighted by atomic mass is 10.0. The molecule has 2 heterocycles. The molecule has 0 aromatic heterocycles. The summed E-state index contributed by atoms with van der Waals surface area (Å²) in [6.07, 6.45) is -1.28. The molecule has 0 bridgehead atoms. The largest absolute Gasteiger partial charge is 0.390 e. The first-order valence-corrected chi connectivity index (χ1v) is 5.70. The Hall–Kier alpha value is -0.200. The first kappa shape index (κ1) is 12.3. The van der Waals surface area contributed by atoms with Crippen LogP contribution < -0.4 is 0 Å². The number of hydrogen-bond acceptors (Lipinski definition) is 5. The molecule has 0 aromatic rings. The van der Waals surface area contributed by atoms with Crippen molar-refractivity contribution in [3.05, 3.63) is 0 Å². The van der Waals surface area contributed by atoms with Gasteiger partial charge in [-0.1, -0.05) is 6.92 Å². The molecule has 0 amide bonds. The second-order valence-corrected chi connectivity index (χ2v) is 4.75. The van der Waals surface area contributed by atoms with Gasteiger partial charge in [0.15, 0.2) is 12.1 Å². The van der Waals surface area contributed by atoms with Gasteiger partial charge >= 0.3 is 0 Å². The lowest BCUT2D eigenvalue weighted by Crippen LogP contribution is -2.41. The van der Waals surface area contributed by atoms with Crippen LogP contribution in [0.25, 0.3) is 0 Å². The van der Waals surface area contributed by atoms with E-state index in [1.807, 2.05) is 20.8 Å². The van der Waals surface area contributed by atoms with Gasteiger partial charge in [0.25, 0.3) is 0 Å². The molecule has 1 N–H and O–H groups in total. The summed E-state index contributed by atoms with van der Waals surface area (Å²) < 4.78 is 22.3. The molecule has 0 saturated carbocycles. The van der Waals surface area contributed by atoms with E-state index in [1.54, 1.807) is 7.11 Å². The van der Waals surface area contributed by atoms with Gasteiger partial charge in [0.05, 0.1) is 6.10 Å². The van der Waals surface area contributed by atoms with Crippen LogP contribution >= 0.6 is 0 Å². The Kier molecular flexibility index (Phi) is 3.25. The molecule has 5 nitrogen and oxygen atoms in total. The molecule has 16 heavy (non-hydrogen) atoms. The third kappa shape index (κ3) is 1.98. The molecule has 0 spiro atoms. The van der Waals surface area contributed by atoms with E-state index in [1.165, 1.54) is 0 Å². The summed E-state index contributed by atoms with van der Waals surface area (Å²) in [6, 6.07) is 0. The summed E-state index contributed by atoms with van der Waals surface area (Å²) in [4.78, 5) is 0. The van der Waals surface area contributed by atoms with Gasteiger partial charge in [-0.25, -0.2) is 0 Å². The van der Waals surface area contributed by atoms with Crippen LogP contribution in [0.2, 0.25) is 0 Å². The van der Waals surface area contributed by atoms with Gasteiger partial charge in [0.2, 0.25) is 0 Å². The van der Waals surface area contributed by atoms with E-state index in [-0.39, 0.29) is 18.3 Å². The predicted octanol–water partition coefficient (Wildman–Crippen LogP) is 0.649. The second kappa shape index (κ2) is 4.23. The average molecular weight is 232 g/mol. The molecule has 0 aromatic carbocycles. The maximum atomic E-state index is 9.83. The van der Waals surface area contributed by atoms with Crippen molar-refractivity contribution in [2.75, 3.05) is 7.11 Å². The zero-order chi connectivity index (χ0) is 11.9. The van der Waals surface area contributed by atoms with Crippen molar-refractivity contribution in [2.45, 2.75) is 63.7 Å². The number of methoxy groups -OCH3 is 1. The van der Waals surface area contributed by atoms with E-state index in [9.17, 15) is 5.11 Å². The van der Waals surface area contributed by atoms with Gasteiger partial charge < -0.3 is 24.1 Å². The summed E-state index contributed by atoms with van der Waals surface area (Å²) in [6.45, 7) is 5.58. The van der Waals surface area contributed by atoms with Crippen molar-refractivity contribution in [1.82, 2.24) is 0 Å². The van der Waals surface area contributed by atoms with E-state index < -0.39 is 18.2 Å². The van der Waals surface area contributed by atoms with Crippen LogP contribution in [0.15, 0.2) is 0 Å². The normalized spacial score (nSPS) is 43.3. The Morgan fingerprint density at radius 1 is 1.38 bits per heavy atom. The maximum absolute atomic E-state index is 9.83. The zero-order valence-corrected chi connectivity index (χ0v) is 10.2. The van der Waals surface area contributed by atoms with Crippen molar-refractivity contribution in [1.29, 1.82) is 0 Å². The lowest BCUT2D eigenvalue weighted by Gasteiger charge is -2.27. The highest BCUT2D eigenvalue weighted by Gasteiger charge is 2.56.